The van der Waals surface area contributed by atoms with Crippen molar-refractivity contribution in [1.82, 2.24) is 10.6 Å². The van der Waals surface area contributed by atoms with Gasteiger partial charge in [-0.25, -0.2) is 4.99 Å². The lowest BCUT2D eigenvalue weighted by molar-refractivity contribution is 0.152. The summed E-state index contributed by atoms with van der Waals surface area (Å²) in [4.78, 5) is 6.67. The molecule has 0 atom stereocenters. The number of nitrogens with one attached hydrogen (secondary N) is 2. The number of ether oxygens (including phenoxy) is 1. The number of nitrogens with zero attached hydrogens (tertiary/aromatic N) is 2. The van der Waals surface area contributed by atoms with Gasteiger partial charge in [0.2, 0.25) is 0 Å². The van der Waals surface area contributed by atoms with Crippen molar-refractivity contribution in [1.29, 1.82) is 0 Å². The number of aliphatic imine (C=N–C) groups is 1. The molecule has 0 unspecified atom stereocenters. The van der Waals surface area contributed by atoms with E-state index in [1.807, 2.05) is 21.0 Å². The Morgan fingerprint density at radius 1 is 1.14 bits per heavy atom. The van der Waals surface area contributed by atoms with Gasteiger partial charge in [0.05, 0.1) is 13.2 Å². The van der Waals surface area contributed by atoms with Gasteiger partial charge in [0.25, 0.3) is 0 Å². The summed E-state index contributed by atoms with van der Waals surface area (Å²) in [5, 5.41) is 6.50. The summed E-state index contributed by atoms with van der Waals surface area (Å²) in [7, 11) is 4.08. The van der Waals surface area contributed by atoms with E-state index < -0.39 is 0 Å². The van der Waals surface area contributed by atoms with E-state index in [2.05, 4.69) is 51.7 Å². The highest BCUT2D eigenvalue weighted by Crippen LogP contribution is 2.12. The summed E-state index contributed by atoms with van der Waals surface area (Å²) in [5.74, 6) is 0.828. The molecule has 1 aromatic carbocycles. The highest BCUT2D eigenvalue weighted by atomic mass is 127. The van der Waals surface area contributed by atoms with Crippen molar-refractivity contribution in [3.05, 3.63) is 29.8 Å². The Balaban J connectivity index is 0.00000441. The average molecular weight is 420 g/mol. The van der Waals surface area contributed by atoms with Gasteiger partial charge in [-0.05, 0) is 31.5 Å². The summed E-state index contributed by atoms with van der Waals surface area (Å²) in [6.45, 7) is 7.77. The predicted octanol–water partition coefficient (Wildman–Crippen LogP) is 2.46. The van der Waals surface area contributed by atoms with Gasteiger partial charge in [-0.15, -0.1) is 24.0 Å². The summed E-state index contributed by atoms with van der Waals surface area (Å²) in [5.41, 5.74) is 2.40. The van der Waals surface area contributed by atoms with Crippen LogP contribution < -0.4 is 15.5 Å². The van der Waals surface area contributed by atoms with Crippen LogP contribution in [0.5, 0.6) is 0 Å². The molecule has 6 heteroatoms. The monoisotopic (exact) mass is 420 g/mol. The van der Waals surface area contributed by atoms with Crippen molar-refractivity contribution in [3.8, 4) is 0 Å². The Morgan fingerprint density at radius 2 is 1.82 bits per heavy atom. The summed E-state index contributed by atoms with van der Waals surface area (Å²) in [6.07, 6.45) is 0. The SMILES string of the molecule is CCNC(=NCc1ccc(N(C)C)cc1)NCCOCC.I. The minimum absolute atomic E-state index is 0. The van der Waals surface area contributed by atoms with Crippen molar-refractivity contribution in [3.63, 3.8) is 0 Å². The van der Waals surface area contributed by atoms with Crippen LogP contribution in [0.3, 0.4) is 0 Å². The smallest absolute Gasteiger partial charge is 0.191 e. The van der Waals surface area contributed by atoms with E-state index in [1.165, 1.54) is 11.3 Å². The second kappa shape index (κ2) is 12.5. The van der Waals surface area contributed by atoms with Crippen LogP contribution in [0.25, 0.3) is 0 Å². The molecule has 126 valence electrons. The molecule has 0 spiro atoms. The molecule has 22 heavy (non-hydrogen) atoms. The molecule has 0 aliphatic heterocycles. The lowest BCUT2D eigenvalue weighted by atomic mass is 10.2. The van der Waals surface area contributed by atoms with Crippen molar-refractivity contribution in [2.75, 3.05) is 45.3 Å². The zero-order chi connectivity index (χ0) is 15.5. The second-order valence-electron chi connectivity index (χ2n) is 4.88. The Hall–Kier alpha value is -1.02. The minimum Gasteiger partial charge on any atom is -0.380 e. The topological polar surface area (TPSA) is 48.9 Å². The molecule has 0 fully saturated rings. The highest BCUT2D eigenvalue weighted by molar-refractivity contribution is 14.0. The maximum Gasteiger partial charge on any atom is 0.191 e. The first-order chi connectivity index (χ1) is 10.2. The van der Waals surface area contributed by atoms with Crippen molar-refractivity contribution >= 4 is 35.6 Å². The molecule has 0 amide bonds. The molecular formula is C16H29IN4O. The summed E-state index contributed by atoms with van der Waals surface area (Å²) in [6, 6.07) is 8.45. The second-order valence-corrected chi connectivity index (χ2v) is 4.88. The van der Waals surface area contributed by atoms with Crippen LogP contribution in [-0.4, -0.2) is 46.4 Å². The number of benzene rings is 1. The van der Waals surface area contributed by atoms with Gasteiger partial charge < -0.3 is 20.3 Å². The molecule has 0 aliphatic carbocycles. The molecule has 1 rings (SSSR count). The Kier molecular flexibility index (Phi) is 11.9. The van der Waals surface area contributed by atoms with Crippen molar-refractivity contribution < 1.29 is 4.74 Å². The summed E-state index contributed by atoms with van der Waals surface area (Å²) >= 11 is 0. The van der Waals surface area contributed by atoms with Crippen LogP contribution >= 0.6 is 24.0 Å². The van der Waals surface area contributed by atoms with E-state index in [0.29, 0.717) is 13.2 Å². The van der Waals surface area contributed by atoms with E-state index >= 15 is 0 Å². The van der Waals surface area contributed by atoms with Crippen LogP contribution in [0.15, 0.2) is 29.3 Å². The third-order valence-corrected chi connectivity index (χ3v) is 2.96. The fourth-order valence-corrected chi connectivity index (χ4v) is 1.80. The number of hydrogen-bond acceptors (Lipinski definition) is 3. The molecular weight excluding hydrogens is 391 g/mol. The maximum absolute atomic E-state index is 5.31. The first kappa shape index (κ1) is 21.0. The standard InChI is InChI=1S/C16H28N4O.HI/c1-5-17-16(18-11-12-21-6-2)19-13-14-7-9-15(10-8-14)20(3)4;/h7-10H,5-6,11-13H2,1-4H3,(H2,17,18,19);1H. The molecule has 0 heterocycles. The number of rotatable bonds is 8. The summed E-state index contributed by atoms with van der Waals surface area (Å²) < 4.78 is 5.31. The van der Waals surface area contributed by atoms with Gasteiger partial charge in [-0.1, -0.05) is 12.1 Å². The third kappa shape index (κ3) is 8.43. The average Bonchev–Trinajstić information content (AvgIpc) is 2.49. The molecule has 0 radical (unpaired) electrons. The normalized spacial score (nSPS) is 10.8. The Labute approximate surface area is 151 Å². The van der Waals surface area contributed by atoms with Gasteiger partial charge >= 0.3 is 0 Å². The number of hydrogen-bond donors (Lipinski definition) is 2. The van der Waals surface area contributed by atoms with E-state index in [1.54, 1.807) is 0 Å². The van der Waals surface area contributed by atoms with Crippen LogP contribution in [0.1, 0.15) is 19.4 Å². The van der Waals surface area contributed by atoms with Crippen LogP contribution in [0, 0.1) is 0 Å². The van der Waals surface area contributed by atoms with Gasteiger partial charge in [0.15, 0.2) is 5.96 Å². The molecule has 0 aliphatic rings. The van der Waals surface area contributed by atoms with Gasteiger partial charge in [0, 0.05) is 39.5 Å². The van der Waals surface area contributed by atoms with Crippen LogP contribution in [0.2, 0.25) is 0 Å². The van der Waals surface area contributed by atoms with Crippen LogP contribution in [0.4, 0.5) is 5.69 Å². The van der Waals surface area contributed by atoms with Crippen molar-refractivity contribution in [2.45, 2.75) is 20.4 Å². The van der Waals surface area contributed by atoms with Crippen LogP contribution in [-0.2, 0) is 11.3 Å². The molecule has 2 N–H and O–H groups in total. The first-order valence-corrected chi connectivity index (χ1v) is 7.53. The Bertz CT molecular complexity index is 421. The number of anilines is 1. The van der Waals surface area contributed by atoms with E-state index in [0.717, 1.165) is 25.7 Å². The highest BCUT2D eigenvalue weighted by Gasteiger charge is 1.98. The van der Waals surface area contributed by atoms with Gasteiger partial charge in [-0.2, -0.15) is 0 Å². The Morgan fingerprint density at radius 3 is 2.36 bits per heavy atom. The van der Waals surface area contributed by atoms with E-state index in [9.17, 15) is 0 Å². The molecule has 1 aromatic rings. The number of halogens is 1. The molecule has 0 saturated heterocycles. The minimum atomic E-state index is 0. The predicted molar refractivity (Wildman–Crippen MR) is 105 cm³/mol. The first-order valence-electron chi connectivity index (χ1n) is 7.53. The molecule has 0 bridgehead atoms. The molecule has 5 nitrogen and oxygen atoms in total. The lowest BCUT2D eigenvalue weighted by Crippen LogP contribution is -2.39. The van der Waals surface area contributed by atoms with Gasteiger partial charge in [-0.3, -0.25) is 0 Å². The maximum atomic E-state index is 5.31. The fourth-order valence-electron chi connectivity index (χ4n) is 1.80. The molecule has 0 saturated carbocycles. The number of guanidine groups is 1. The lowest BCUT2D eigenvalue weighted by Gasteiger charge is -2.13. The quantitative estimate of drug-likeness (QED) is 0.294. The zero-order valence-corrected chi connectivity index (χ0v) is 16.4. The van der Waals surface area contributed by atoms with Gasteiger partial charge in [0.1, 0.15) is 0 Å². The van der Waals surface area contributed by atoms with E-state index in [-0.39, 0.29) is 24.0 Å². The fraction of sp³-hybridized carbons (Fsp3) is 0.562. The third-order valence-electron chi connectivity index (χ3n) is 2.96. The van der Waals surface area contributed by atoms with E-state index in [4.69, 9.17) is 4.74 Å². The zero-order valence-electron chi connectivity index (χ0n) is 14.1. The van der Waals surface area contributed by atoms with Crippen molar-refractivity contribution in [2.24, 2.45) is 4.99 Å². The largest absolute Gasteiger partial charge is 0.380 e. The molecule has 0 aromatic heterocycles.